The maximum absolute atomic E-state index is 12.4. The van der Waals surface area contributed by atoms with E-state index in [1.54, 1.807) is 6.07 Å². The molecule has 20 heavy (non-hydrogen) atoms. The van der Waals surface area contributed by atoms with Crippen LogP contribution in [0.3, 0.4) is 0 Å². The highest BCUT2D eigenvalue weighted by atomic mass is 32.1. The molecule has 1 aliphatic heterocycles. The molecular formula is C15H17NO3S. The summed E-state index contributed by atoms with van der Waals surface area (Å²) in [7, 11) is 0. The summed E-state index contributed by atoms with van der Waals surface area (Å²) in [4.78, 5) is 15.1. The highest BCUT2D eigenvalue weighted by Gasteiger charge is 2.43. The van der Waals surface area contributed by atoms with Crippen molar-refractivity contribution in [1.29, 1.82) is 0 Å². The fraction of sp³-hybridized carbons (Fsp3) is 0.533. The van der Waals surface area contributed by atoms with E-state index in [1.807, 2.05) is 10.3 Å². The van der Waals surface area contributed by atoms with Gasteiger partial charge in [0.1, 0.15) is 6.61 Å². The quantitative estimate of drug-likeness (QED) is 0.757. The van der Waals surface area contributed by atoms with Crippen molar-refractivity contribution >= 4 is 17.2 Å². The summed E-state index contributed by atoms with van der Waals surface area (Å²) < 4.78 is 0. The largest absolute Gasteiger partial charge is 0.393 e. The summed E-state index contributed by atoms with van der Waals surface area (Å²) in [6, 6.07) is 1.78. The fourth-order valence-corrected chi connectivity index (χ4v) is 3.97. The van der Waals surface area contributed by atoms with Crippen molar-refractivity contribution in [3.8, 4) is 11.8 Å². The third-order valence-corrected chi connectivity index (χ3v) is 5.09. The molecule has 106 valence electrons. The van der Waals surface area contributed by atoms with Crippen molar-refractivity contribution in [2.24, 2.45) is 11.8 Å². The Hall–Kier alpha value is -1.35. The molecule has 0 aromatic carbocycles. The van der Waals surface area contributed by atoms with Gasteiger partial charge in [-0.05, 0) is 24.8 Å². The maximum Gasteiger partial charge on any atom is 0.254 e. The molecule has 1 aliphatic carbocycles. The number of aliphatic hydroxyl groups excluding tert-OH is 2. The molecule has 2 fully saturated rings. The van der Waals surface area contributed by atoms with E-state index in [4.69, 9.17) is 5.11 Å². The van der Waals surface area contributed by atoms with E-state index in [-0.39, 0.29) is 24.5 Å². The van der Waals surface area contributed by atoms with E-state index in [0.29, 0.717) is 18.0 Å². The number of carbonyl (C=O) groups excluding carboxylic acids is 1. The van der Waals surface area contributed by atoms with Crippen LogP contribution in [0.4, 0.5) is 0 Å². The van der Waals surface area contributed by atoms with Gasteiger partial charge in [-0.1, -0.05) is 11.8 Å². The third kappa shape index (κ3) is 2.47. The first kappa shape index (κ1) is 13.6. The van der Waals surface area contributed by atoms with Gasteiger partial charge >= 0.3 is 0 Å². The predicted molar refractivity (Wildman–Crippen MR) is 76.4 cm³/mol. The van der Waals surface area contributed by atoms with Crippen LogP contribution in [0.2, 0.25) is 0 Å². The number of thiophene rings is 1. The van der Waals surface area contributed by atoms with Crippen LogP contribution < -0.4 is 0 Å². The highest BCUT2D eigenvalue weighted by Crippen LogP contribution is 2.38. The second kappa shape index (κ2) is 5.57. The SMILES string of the molecule is O=C(c1csc(C#CCO)c1)N1CC2CCC(O)C2C1. The Bertz CT molecular complexity index is 571. The van der Waals surface area contributed by atoms with Crippen LogP contribution in [0.1, 0.15) is 28.1 Å². The third-order valence-electron chi connectivity index (χ3n) is 4.24. The molecule has 1 aromatic rings. The highest BCUT2D eigenvalue weighted by molar-refractivity contribution is 7.10. The van der Waals surface area contributed by atoms with Crippen LogP contribution in [0.25, 0.3) is 0 Å². The predicted octanol–water partition coefficient (Wildman–Crippen LogP) is 0.935. The molecule has 1 aromatic heterocycles. The van der Waals surface area contributed by atoms with Crippen LogP contribution in [-0.2, 0) is 0 Å². The van der Waals surface area contributed by atoms with Gasteiger partial charge in [0.05, 0.1) is 16.5 Å². The lowest BCUT2D eigenvalue weighted by Gasteiger charge is -2.17. The second-order valence-corrected chi connectivity index (χ2v) is 6.35. The summed E-state index contributed by atoms with van der Waals surface area (Å²) in [5, 5.41) is 20.4. The summed E-state index contributed by atoms with van der Waals surface area (Å²) in [6.45, 7) is 1.25. The van der Waals surface area contributed by atoms with Crippen molar-refractivity contribution in [2.45, 2.75) is 18.9 Å². The molecule has 3 rings (SSSR count). The molecule has 5 heteroatoms. The van der Waals surface area contributed by atoms with Gasteiger partial charge in [0.15, 0.2) is 0 Å². The molecule has 0 bridgehead atoms. The van der Waals surface area contributed by atoms with E-state index in [1.165, 1.54) is 11.3 Å². The van der Waals surface area contributed by atoms with E-state index in [0.717, 1.165) is 24.3 Å². The van der Waals surface area contributed by atoms with E-state index in [9.17, 15) is 9.90 Å². The van der Waals surface area contributed by atoms with Crippen LogP contribution >= 0.6 is 11.3 Å². The smallest absolute Gasteiger partial charge is 0.254 e. The van der Waals surface area contributed by atoms with Crippen molar-refractivity contribution in [3.05, 3.63) is 21.9 Å². The lowest BCUT2D eigenvalue weighted by atomic mass is 10.00. The molecule has 2 heterocycles. The molecule has 0 spiro atoms. The monoisotopic (exact) mass is 291 g/mol. The minimum atomic E-state index is -0.244. The number of hydrogen-bond acceptors (Lipinski definition) is 4. The minimum Gasteiger partial charge on any atom is -0.393 e. The topological polar surface area (TPSA) is 60.8 Å². The summed E-state index contributed by atoms with van der Waals surface area (Å²) in [5.41, 5.74) is 0.659. The van der Waals surface area contributed by atoms with Gasteiger partial charge in [-0.15, -0.1) is 11.3 Å². The zero-order valence-corrected chi connectivity index (χ0v) is 11.9. The molecule has 1 amide bonds. The molecule has 1 saturated heterocycles. The Morgan fingerprint density at radius 3 is 3.05 bits per heavy atom. The van der Waals surface area contributed by atoms with Crippen LogP contribution in [0.5, 0.6) is 0 Å². The van der Waals surface area contributed by atoms with Crippen molar-refractivity contribution < 1.29 is 15.0 Å². The first-order chi connectivity index (χ1) is 9.69. The van der Waals surface area contributed by atoms with Gasteiger partial charge < -0.3 is 15.1 Å². The number of hydrogen-bond donors (Lipinski definition) is 2. The number of nitrogens with zero attached hydrogens (tertiary/aromatic N) is 1. The molecule has 2 aliphatic rings. The van der Waals surface area contributed by atoms with Crippen molar-refractivity contribution in [3.63, 3.8) is 0 Å². The zero-order chi connectivity index (χ0) is 14.1. The van der Waals surface area contributed by atoms with Gasteiger partial charge in [0.25, 0.3) is 5.91 Å². The first-order valence-electron chi connectivity index (χ1n) is 6.84. The van der Waals surface area contributed by atoms with Crippen molar-refractivity contribution in [2.75, 3.05) is 19.7 Å². The van der Waals surface area contributed by atoms with Crippen LogP contribution in [0.15, 0.2) is 11.4 Å². The Morgan fingerprint density at radius 1 is 1.45 bits per heavy atom. The Kier molecular flexibility index (Phi) is 3.79. The zero-order valence-electron chi connectivity index (χ0n) is 11.1. The normalized spacial score (nSPS) is 28.1. The summed E-state index contributed by atoms with van der Waals surface area (Å²) in [5.74, 6) is 6.14. The molecule has 1 saturated carbocycles. The van der Waals surface area contributed by atoms with E-state index < -0.39 is 0 Å². The average molecular weight is 291 g/mol. The second-order valence-electron chi connectivity index (χ2n) is 5.44. The number of fused-ring (bicyclic) bond motifs is 1. The average Bonchev–Trinajstić information content (AvgIpc) is 3.13. The lowest BCUT2D eigenvalue weighted by Crippen LogP contribution is -2.30. The van der Waals surface area contributed by atoms with Crippen LogP contribution in [0, 0.1) is 23.7 Å². The Morgan fingerprint density at radius 2 is 2.30 bits per heavy atom. The molecule has 4 nitrogen and oxygen atoms in total. The molecule has 3 unspecified atom stereocenters. The Labute approximate surface area is 122 Å². The number of rotatable bonds is 1. The molecular weight excluding hydrogens is 274 g/mol. The van der Waals surface area contributed by atoms with Gasteiger partial charge in [-0.2, -0.15) is 0 Å². The minimum absolute atomic E-state index is 0.0277. The summed E-state index contributed by atoms with van der Waals surface area (Å²) >= 11 is 1.42. The number of carbonyl (C=O) groups is 1. The molecule has 3 atom stereocenters. The van der Waals surface area contributed by atoms with Gasteiger partial charge in [0.2, 0.25) is 0 Å². The van der Waals surface area contributed by atoms with Crippen LogP contribution in [-0.4, -0.2) is 46.8 Å². The Balaban J connectivity index is 1.69. The van der Waals surface area contributed by atoms with Gasteiger partial charge in [-0.25, -0.2) is 0 Å². The lowest BCUT2D eigenvalue weighted by molar-refractivity contribution is 0.0753. The van der Waals surface area contributed by atoms with E-state index in [2.05, 4.69) is 11.8 Å². The molecule has 0 radical (unpaired) electrons. The number of likely N-dealkylation sites (tertiary alicyclic amines) is 1. The molecule has 2 N–H and O–H groups in total. The summed E-state index contributed by atoms with van der Waals surface area (Å²) in [6.07, 6.45) is 1.65. The number of aliphatic hydroxyl groups is 2. The van der Waals surface area contributed by atoms with Gasteiger partial charge in [-0.3, -0.25) is 4.79 Å². The van der Waals surface area contributed by atoms with Crippen molar-refractivity contribution in [1.82, 2.24) is 4.90 Å². The first-order valence-corrected chi connectivity index (χ1v) is 7.72. The fourth-order valence-electron chi connectivity index (χ4n) is 3.23. The van der Waals surface area contributed by atoms with Gasteiger partial charge in [0, 0.05) is 24.4 Å². The number of amides is 1. The standard InChI is InChI=1S/C15H17NO3S/c17-5-1-2-12-6-11(9-20-12)15(19)16-7-10-3-4-14(18)13(10)8-16/h6,9-10,13-14,17-18H,3-5,7-8H2. The maximum atomic E-state index is 12.4. The van der Waals surface area contributed by atoms with E-state index >= 15 is 0 Å².